The molecule has 0 atom stereocenters. The first kappa shape index (κ1) is 10.8. The predicted molar refractivity (Wildman–Crippen MR) is 53.4 cm³/mol. The summed E-state index contributed by atoms with van der Waals surface area (Å²) in [7, 11) is 5.74. The maximum atomic E-state index is 11.1. The third-order valence-electron chi connectivity index (χ3n) is 1.99. The highest BCUT2D eigenvalue weighted by Crippen LogP contribution is 1.85. The van der Waals surface area contributed by atoms with Crippen molar-refractivity contribution in [2.75, 3.05) is 6.61 Å². The molecule has 0 bridgehead atoms. The van der Waals surface area contributed by atoms with Crippen molar-refractivity contribution in [2.45, 2.75) is 13.2 Å². The molecule has 0 N–H and O–H groups in total. The van der Waals surface area contributed by atoms with Crippen LogP contribution in [0.15, 0.2) is 12.4 Å². The highest BCUT2D eigenvalue weighted by Gasteiger charge is 2.01. The number of nitrogens with zero attached hydrogens (tertiary/aromatic N) is 2. The maximum absolute atomic E-state index is 11.1. The summed E-state index contributed by atoms with van der Waals surface area (Å²) in [5.41, 5.74) is 0.998. The lowest BCUT2D eigenvalue weighted by Crippen LogP contribution is -2.50. The first-order valence-corrected chi connectivity index (χ1v) is 4.65. The number of esters is 1. The molecule has 0 unspecified atom stereocenters. The third-order valence-corrected chi connectivity index (χ3v) is 1.99. The Morgan fingerprint density at radius 2 is 2.43 bits per heavy atom. The third kappa shape index (κ3) is 2.62. The average Bonchev–Trinajstić information content (AvgIpc) is 2.44. The van der Waals surface area contributed by atoms with Crippen molar-refractivity contribution in [3.05, 3.63) is 12.4 Å². The summed E-state index contributed by atoms with van der Waals surface area (Å²) >= 11 is 0. The Kier molecular flexibility index (Phi) is 3.74. The second kappa shape index (κ2) is 4.84. The molecule has 4 nitrogen and oxygen atoms in total. The summed E-state index contributed by atoms with van der Waals surface area (Å²) in [5, 5.41) is 0. The molecular weight excluding hydrogens is 179 g/mol. The maximum Gasteiger partial charge on any atom is 0.265 e. The molecule has 0 fully saturated rings. The Hall–Kier alpha value is -1.26. The molecule has 1 heterocycles. The predicted octanol–water partition coefficient (Wildman–Crippen LogP) is -0.839. The number of hydrogen-bond donors (Lipinski definition) is 0. The molecule has 0 amide bonds. The minimum atomic E-state index is -0.186. The SMILES string of the molecule is CCOC(=O)C[B-]c1n(C)cc[n+]1C. The fourth-order valence-corrected chi connectivity index (χ4v) is 1.28. The first-order valence-electron chi connectivity index (χ1n) is 4.65. The van der Waals surface area contributed by atoms with Gasteiger partial charge in [-0.25, -0.2) is 0 Å². The zero-order chi connectivity index (χ0) is 10.6. The minimum Gasteiger partial charge on any atom is -0.468 e. The van der Waals surface area contributed by atoms with Crippen LogP contribution in [0.1, 0.15) is 6.92 Å². The van der Waals surface area contributed by atoms with Gasteiger partial charge in [0.15, 0.2) is 0 Å². The minimum absolute atomic E-state index is 0.186. The Bertz CT molecular complexity index is 303. The van der Waals surface area contributed by atoms with Gasteiger partial charge in [-0.15, -0.1) is 6.32 Å². The van der Waals surface area contributed by atoms with Crippen molar-refractivity contribution in [2.24, 2.45) is 14.1 Å². The molecule has 0 aromatic carbocycles. The van der Waals surface area contributed by atoms with E-state index in [1.165, 1.54) is 0 Å². The molecule has 0 spiro atoms. The van der Waals surface area contributed by atoms with Crippen LogP contribution in [0.3, 0.4) is 0 Å². The van der Waals surface area contributed by atoms with E-state index in [-0.39, 0.29) is 5.97 Å². The van der Waals surface area contributed by atoms with Gasteiger partial charge in [0.1, 0.15) is 12.4 Å². The van der Waals surface area contributed by atoms with E-state index in [0.717, 1.165) is 5.72 Å². The molecule has 0 aliphatic heterocycles. The molecular formula is C9H15BN2O2. The van der Waals surface area contributed by atoms with Crippen LogP contribution in [0.2, 0.25) is 6.32 Å². The van der Waals surface area contributed by atoms with Crippen LogP contribution in [-0.2, 0) is 23.6 Å². The van der Waals surface area contributed by atoms with Crippen LogP contribution >= 0.6 is 0 Å². The van der Waals surface area contributed by atoms with Gasteiger partial charge in [-0.05, 0) is 6.92 Å². The fourth-order valence-electron chi connectivity index (χ4n) is 1.28. The molecule has 5 heteroatoms. The van der Waals surface area contributed by atoms with Gasteiger partial charge in [0.05, 0.1) is 20.7 Å². The van der Waals surface area contributed by atoms with Gasteiger partial charge in [0.2, 0.25) is 0 Å². The van der Waals surface area contributed by atoms with E-state index >= 15 is 0 Å². The molecule has 14 heavy (non-hydrogen) atoms. The summed E-state index contributed by atoms with van der Waals surface area (Å²) < 4.78 is 8.75. The second-order valence-electron chi connectivity index (χ2n) is 3.09. The number of ether oxygens (including phenoxy) is 1. The molecule has 0 saturated heterocycles. The monoisotopic (exact) mass is 194 g/mol. The van der Waals surface area contributed by atoms with Gasteiger partial charge in [-0.2, -0.15) is 7.28 Å². The van der Waals surface area contributed by atoms with Gasteiger partial charge in [0.25, 0.3) is 5.97 Å². The van der Waals surface area contributed by atoms with Crippen molar-refractivity contribution in [1.82, 2.24) is 4.57 Å². The summed E-state index contributed by atoms with van der Waals surface area (Å²) in [4.78, 5) is 11.1. The average molecular weight is 194 g/mol. The van der Waals surface area contributed by atoms with Gasteiger partial charge in [-0.1, -0.05) is 0 Å². The fraction of sp³-hybridized carbons (Fsp3) is 0.556. The Balaban J connectivity index is 2.49. The van der Waals surface area contributed by atoms with E-state index in [4.69, 9.17) is 4.74 Å². The van der Waals surface area contributed by atoms with Crippen LogP contribution in [0.5, 0.6) is 0 Å². The van der Waals surface area contributed by atoms with Crippen molar-refractivity contribution in [3.8, 4) is 0 Å². The van der Waals surface area contributed by atoms with Gasteiger partial charge < -0.3 is 4.74 Å². The molecule has 76 valence electrons. The highest BCUT2D eigenvalue weighted by molar-refractivity contribution is 6.54. The summed E-state index contributed by atoms with van der Waals surface area (Å²) in [6, 6.07) is 0. The van der Waals surface area contributed by atoms with Crippen LogP contribution in [-0.4, -0.2) is 24.4 Å². The Labute approximate surface area is 84.7 Å². The molecule has 2 radical (unpaired) electrons. The van der Waals surface area contributed by atoms with Crippen LogP contribution in [0, 0.1) is 0 Å². The van der Waals surface area contributed by atoms with E-state index in [1.807, 2.05) is 42.9 Å². The van der Waals surface area contributed by atoms with Gasteiger partial charge >= 0.3 is 0 Å². The van der Waals surface area contributed by atoms with Gasteiger partial charge in [-0.3, -0.25) is 13.9 Å². The molecule has 1 aromatic heterocycles. The standard InChI is InChI=1S/C9H15BN2O2/c1-4-14-8(13)7-10-9-11(2)5-6-12(9)3/h5-6H,4,7H2,1-3H3. The highest BCUT2D eigenvalue weighted by atomic mass is 16.5. The van der Waals surface area contributed by atoms with E-state index in [2.05, 4.69) is 0 Å². The second-order valence-corrected chi connectivity index (χ2v) is 3.09. The molecule has 0 saturated carbocycles. The summed E-state index contributed by atoms with van der Waals surface area (Å²) in [6.45, 7) is 2.24. The Morgan fingerprint density at radius 1 is 1.71 bits per heavy atom. The lowest BCUT2D eigenvalue weighted by molar-refractivity contribution is -0.653. The van der Waals surface area contributed by atoms with Crippen LogP contribution < -0.4 is 10.3 Å². The molecule has 1 rings (SSSR count). The van der Waals surface area contributed by atoms with Crippen molar-refractivity contribution in [3.63, 3.8) is 0 Å². The van der Waals surface area contributed by atoms with Crippen molar-refractivity contribution >= 4 is 19.0 Å². The summed E-state index contributed by atoms with van der Waals surface area (Å²) in [6.07, 6.45) is 4.20. The van der Waals surface area contributed by atoms with Crippen molar-refractivity contribution < 1.29 is 14.1 Å². The lowest BCUT2D eigenvalue weighted by atomic mass is 9.73. The van der Waals surface area contributed by atoms with E-state index in [1.54, 1.807) is 6.92 Å². The van der Waals surface area contributed by atoms with Crippen LogP contribution in [0.4, 0.5) is 0 Å². The molecule has 0 aliphatic carbocycles. The number of aryl methyl sites for hydroxylation is 2. The number of rotatable bonds is 4. The quantitative estimate of drug-likeness (QED) is 0.356. The van der Waals surface area contributed by atoms with E-state index in [0.29, 0.717) is 12.9 Å². The normalized spacial score (nSPS) is 10.2. The zero-order valence-electron chi connectivity index (χ0n) is 8.86. The number of imidazole rings is 1. The smallest absolute Gasteiger partial charge is 0.265 e. The number of carbonyl (C=O) groups is 1. The van der Waals surface area contributed by atoms with Gasteiger partial charge in [0, 0.05) is 5.72 Å². The van der Waals surface area contributed by atoms with Crippen molar-refractivity contribution in [1.29, 1.82) is 0 Å². The summed E-state index contributed by atoms with van der Waals surface area (Å²) in [5.74, 6) is -0.186. The molecule has 0 aliphatic rings. The van der Waals surface area contributed by atoms with E-state index in [9.17, 15) is 4.79 Å². The largest absolute Gasteiger partial charge is 0.468 e. The first-order chi connectivity index (χ1) is 6.65. The molecule has 1 aromatic rings. The topological polar surface area (TPSA) is 35.1 Å². The number of carbonyl (C=O) groups excluding carboxylic acids is 1. The zero-order valence-corrected chi connectivity index (χ0v) is 8.86. The van der Waals surface area contributed by atoms with E-state index < -0.39 is 0 Å². The Morgan fingerprint density at radius 3 is 2.93 bits per heavy atom. The van der Waals surface area contributed by atoms with Crippen LogP contribution in [0.25, 0.3) is 0 Å². The lowest BCUT2D eigenvalue weighted by Gasteiger charge is -2.11. The number of aromatic nitrogens is 2. The number of hydrogen-bond acceptors (Lipinski definition) is 2.